The third kappa shape index (κ3) is 14.5. The van der Waals surface area contributed by atoms with Crippen molar-refractivity contribution in [2.24, 2.45) is 0 Å². The number of amides is 4. The van der Waals surface area contributed by atoms with E-state index in [2.05, 4.69) is 0 Å². The Morgan fingerprint density at radius 2 is 0.781 bits per heavy atom. The van der Waals surface area contributed by atoms with Crippen LogP contribution in [0.15, 0.2) is 0 Å². The van der Waals surface area contributed by atoms with Crippen LogP contribution in [0.25, 0.3) is 0 Å². The Labute approximate surface area is 192 Å². The fourth-order valence-corrected chi connectivity index (χ4v) is 2.55. The minimum Gasteiger partial charge on any atom is -0.449 e. The molecule has 0 atom stereocenters. The van der Waals surface area contributed by atoms with Crippen molar-refractivity contribution in [3.8, 4) is 0 Å². The second kappa shape index (κ2) is 17.1. The molecule has 0 spiro atoms. The number of unbranched alkanes of at least 4 members (excludes halogenated alkanes) is 5. The molecule has 4 amide bonds. The number of hydrogen-bond donors (Lipinski definition) is 0. The molecule has 0 aliphatic heterocycles. The van der Waals surface area contributed by atoms with Crippen molar-refractivity contribution in [1.29, 1.82) is 0 Å². The van der Waals surface area contributed by atoms with Crippen molar-refractivity contribution in [2.75, 3.05) is 67.6 Å². The summed E-state index contributed by atoms with van der Waals surface area (Å²) in [7, 11) is 6.71. The van der Waals surface area contributed by atoms with Gasteiger partial charge < -0.3 is 29.1 Å². The molecule has 10 heteroatoms. The first-order chi connectivity index (χ1) is 15.1. The quantitative estimate of drug-likeness (QED) is 0.350. The molecule has 0 saturated carbocycles. The lowest BCUT2D eigenvalue weighted by atomic mass is 10.1. The molecule has 186 valence electrons. The van der Waals surface area contributed by atoms with E-state index in [0.29, 0.717) is 39.4 Å². The first-order valence-electron chi connectivity index (χ1n) is 11.3. The molecule has 0 heterocycles. The van der Waals surface area contributed by atoms with E-state index in [1.165, 1.54) is 23.6 Å². The van der Waals surface area contributed by atoms with Gasteiger partial charge in [-0.3, -0.25) is 9.59 Å². The Kier molecular flexibility index (Phi) is 15.7. The van der Waals surface area contributed by atoms with Crippen LogP contribution < -0.4 is 0 Å². The van der Waals surface area contributed by atoms with Gasteiger partial charge in [-0.2, -0.15) is 0 Å². The molecule has 0 aliphatic rings. The zero-order valence-corrected chi connectivity index (χ0v) is 20.7. The lowest BCUT2D eigenvalue weighted by Gasteiger charge is -2.21. The van der Waals surface area contributed by atoms with Gasteiger partial charge in [0.05, 0.1) is 13.2 Å². The maximum atomic E-state index is 11.9. The first-order valence-corrected chi connectivity index (χ1v) is 11.3. The molecular weight excluding hydrogens is 416 g/mol. The average molecular weight is 459 g/mol. The molecule has 0 unspecified atom stereocenters. The Bertz CT molecular complexity index is 537. The second-order valence-corrected chi connectivity index (χ2v) is 8.07. The molecule has 0 aromatic carbocycles. The van der Waals surface area contributed by atoms with Crippen LogP contribution in [0.2, 0.25) is 0 Å². The number of carbonyl (C=O) groups excluding carboxylic acids is 4. The zero-order valence-electron chi connectivity index (χ0n) is 20.7. The molecule has 0 saturated heterocycles. The van der Waals surface area contributed by atoms with E-state index in [1.807, 2.05) is 0 Å². The molecule has 0 fully saturated rings. The predicted molar refractivity (Wildman–Crippen MR) is 122 cm³/mol. The van der Waals surface area contributed by atoms with Crippen molar-refractivity contribution in [1.82, 2.24) is 19.6 Å². The Hall–Kier alpha value is -2.52. The second-order valence-electron chi connectivity index (χ2n) is 8.07. The fraction of sp³-hybridized carbons (Fsp3) is 0.818. The minimum atomic E-state index is -0.373. The lowest BCUT2D eigenvalue weighted by Crippen LogP contribution is -2.36. The Morgan fingerprint density at radius 3 is 1.09 bits per heavy atom. The van der Waals surface area contributed by atoms with Crippen molar-refractivity contribution in [3.05, 3.63) is 0 Å². The summed E-state index contributed by atoms with van der Waals surface area (Å²) in [5.41, 5.74) is 0. The zero-order chi connectivity index (χ0) is 24.5. The van der Waals surface area contributed by atoms with Crippen LogP contribution in [0.5, 0.6) is 0 Å². The number of hydrogen-bond acceptors (Lipinski definition) is 6. The normalized spacial score (nSPS) is 10.3. The molecule has 32 heavy (non-hydrogen) atoms. The van der Waals surface area contributed by atoms with E-state index in [-0.39, 0.29) is 24.0 Å². The third-order valence-electron chi connectivity index (χ3n) is 5.23. The van der Waals surface area contributed by atoms with Gasteiger partial charge in [-0.05, 0) is 12.8 Å². The van der Waals surface area contributed by atoms with Crippen LogP contribution >= 0.6 is 0 Å². The van der Waals surface area contributed by atoms with Gasteiger partial charge in [0.25, 0.3) is 0 Å². The molecule has 0 N–H and O–H groups in total. The van der Waals surface area contributed by atoms with Gasteiger partial charge in [0, 0.05) is 68.2 Å². The van der Waals surface area contributed by atoms with Crippen molar-refractivity contribution in [3.63, 3.8) is 0 Å². The van der Waals surface area contributed by atoms with Crippen LogP contribution in [0, 0.1) is 0 Å². The van der Waals surface area contributed by atoms with Gasteiger partial charge in [-0.15, -0.1) is 0 Å². The summed E-state index contributed by atoms with van der Waals surface area (Å²) < 4.78 is 10.5. The topological polar surface area (TPSA) is 99.7 Å². The molecular formula is C22H42N4O6. The summed E-state index contributed by atoms with van der Waals surface area (Å²) in [6.45, 7) is 5.57. The van der Waals surface area contributed by atoms with E-state index >= 15 is 0 Å². The number of nitrogens with zero attached hydrogens (tertiary/aromatic N) is 4. The summed E-state index contributed by atoms with van der Waals surface area (Å²) in [6, 6.07) is 0. The van der Waals surface area contributed by atoms with Gasteiger partial charge >= 0.3 is 12.2 Å². The van der Waals surface area contributed by atoms with Crippen molar-refractivity contribution in [2.45, 2.75) is 52.4 Å². The number of ether oxygens (including phenoxy) is 2. The highest BCUT2D eigenvalue weighted by Gasteiger charge is 2.12. The number of likely N-dealkylation sites (N-methyl/N-ethyl adjacent to an activating group) is 4. The highest BCUT2D eigenvalue weighted by molar-refractivity contribution is 5.73. The summed E-state index contributed by atoms with van der Waals surface area (Å²) in [6.07, 6.45) is 4.86. The largest absolute Gasteiger partial charge is 0.449 e. The Morgan fingerprint density at radius 1 is 0.500 bits per heavy atom. The maximum absolute atomic E-state index is 11.9. The van der Waals surface area contributed by atoms with E-state index in [9.17, 15) is 19.2 Å². The monoisotopic (exact) mass is 458 g/mol. The van der Waals surface area contributed by atoms with Crippen LogP contribution in [-0.4, -0.2) is 111 Å². The standard InChI is InChI=1S/C22H42N4O6/c1-19(27)23(3)13-15-25(5)21(29)31-17-11-9-7-8-10-12-18-32-22(30)26(6)16-14-24(4)20(2)28/h7-18H2,1-6H3. The van der Waals surface area contributed by atoms with E-state index in [4.69, 9.17) is 9.47 Å². The van der Waals surface area contributed by atoms with Crippen molar-refractivity contribution >= 4 is 24.0 Å². The van der Waals surface area contributed by atoms with E-state index in [1.54, 1.807) is 38.0 Å². The Balaban J connectivity index is 3.62. The summed E-state index contributed by atoms with van der Waals surface area (Å²) >= 11 is 0. The van der Waals surface area contributed by atoms with Crippen LogP contribution in [0.3, 0.4) is 0 Å². The fourth-order valence-electron chi connectivity index (χ4n) is 2.55. The number of carbonyl (C=O) groups is 4. The van der Waals surface area contributed by atoms with Crippen LogP contribution in [-0.2, 0) is 19.1 Å². The lowest BCUT2D eigenvalue weighted by molar-refractivity contribution is -0.128. The van der Waals surface area contributed by atoms with Gasteiger partial charge in [-0.25, -0.2) is 9.59 Å². The maximum Gasteiger partial charge on any atom is 0.409 e. The van der Waals surface area contributed by atoms with Gasteiger partial charge in [0.1, 0.15) is 0 Å². The molecule has 0 aromatic heterocycles. The van der Waals surface area contributed by atoms with Crippen molar-refractivity contribution < 1.29 is 28.7 Å². The smallest absolute Gasteiger partial charge is 0.409 e. The van der Waals surface area contributed by atoms with Gasteiger partial charge in [-0.1, -0.05) is 25.7 Å². The third-order valence-corrected chi connectivity index (χ3v) is 5.23. The number of rotatable bonds is 15. The van der Waals surface area contributed by atoms with E-state index in [0.717, 1.165) is 38.5 Å². The SMILES string of the molecule is CC(=O)N(C)CCN(C)C(=O)OCCCCCCCCOC(=O)N(C)CCN(C)C(C)=O. The molecule has 0 radical (unpaired) electrons. The first kappa shape index (κ1) is 29.5. The summed E-state index contributed by atoms with van der Waals surface area (Å²) in [4.78, 5) is 52.1. The van der Waals surface area contributed by atoms with E-state index < -0.39 is 0 Å². The predicted octanol–water partition coefficient (Wildman–Crippen LogP) is 2.42. The van der Waals surface area contributed by atoms with Crippen LogP contribution in [0.4, 0.5) is 9.59 Å². The molecule has 0 bridgehead atoms. The van der Waals surface area contributed by atoms with Gasteiger partial charge in [0.15, 0.2) is 0 Å². The molecule has 0 aromatic rings. The molecule has 10 nitrogen and oxygen atoms in total. The summed E-state index contributed by atoms with van der Waals surface area (Å²) in [5.74, 6) is -0.0714. The van der Waals surface area contributed by atoms with Crippen LogP contribution in [0.1, 0.15) is 52.4 Å². The van der Waals surface area contributed by atoms with Gasteiger partial charge in [0.2, 0.25) is 11.8 Å². The summed E-state index contributed by atoms with van der Waals surface area (Å²) in [5, 5.41) is 0. The highest BCUT2D eigenvalue weighted by atomic mass is 16.6. The highest BCUT2D eigenvalue weighted by Crippen LogP contribution is 2.07. The minimum absolute atomic E-state index is 0.0357. The molecule has 0 aliphatic carbocycles. The average Bonchev–Trinajstić information content (AvgIpc) is 2.75. The molecule has 0 rings (SSSR count).